The molecule has 0 aliphatic carbocycles. The molecule has 1 aromatic carbocycles. The van der Waals surface area contributed by atoms with Gasteiger partial charge in [0.15, 0.2) is 0 Å². The molecule has 1 aliphatic heterocycles. The zero-order chi connectivity index (χ0) is 23.0. The van der Waals surface area contributed by atoms with Gasteiger partial charge in [-0.1, -0.05) is 11.6 Å². The number of hydrogen-bond donors (Lipinski definition) is 1. The van der Waals surface area contributed by atoms with E-state index in [0.717, 1.165) is 41.9 Å². The normalized spacial score (nSPS) is 16.3. The lowest BCUT2D eigenvalue weighted by atomic mass is 9.96. The number of halogens is 1. The molecule has 0 spiro atoms. The summed E-state index contributed by atoms with van der Waals surface area (Å²) in [4.78, 5) is 24.5. The Hall–Kier alpha value is -3.00. The lowest BCUT2D eigenvalue weighted by Crippen LogP contribution is -2.41. The molecule has 1 atom stereocenters. The van der Waals surface area contributed by atoms with Gasteiger partial charge in [0.25, 0.3) is 0 Å². The predicted molar refractivity (Wildman–Crippen MR) is 124 cm³/mol. The number of nitrogens with zero attached hydrogens (tertiary/aromatic N) is 3. The molecule has 1 amide bonds. The van der Waals surface area contributed by atoms with Crippen molar-refractivity contribution in [2.45, 2.75) is 33.6 Å². The third-order valence-electron chi connectivity index (χ3n) is 5.94. The van der Waals surface area contributed by atoms with E-state index in [2.05, 4.69) is 15.2 Å². The summed E-state index contributed by atoms with van der Waals surface area (Å²) in [6.07, 6.45) is 1.66. The van der Waals surface area contributed by atoms with Gasteiger partial charge < -0.3 is 24.1 Å². The first-order chi connectivity index (χ1) is 15.3. The molecule has 4 rings (SSSR count). The number of carbonyl (C=O) groups excluding carboxylic acids is 1. The minimum absolute atomic E-state index is 0.0867. The molecule has 8 nitrogen and oxygen atoms in total. The number of hydrogen-bond acceptors (Lipinski definition) is 7. The Balaban J connectivity index is 1.59. The number of piperidine rings is 1. The van der Waals surface area contributed by atoms with Crippen molar-refractivity contribution in [3.63, 3.8) is 0 Å². The first-order valence-electron chi connectivity index (χ1n) is 10.5. The number of aryl methyl sites for hydroxylation is 3. The topological polar surface area (TPSA) is 89.7 Å². The summed E-state index contributed by atoms with van der Waals surface area (Å²) >= 11 is 6.25. The second-order valence-corrected chi connectivity index (χ2v) is 8.43. The van der Waals surface area contributed by atoms with Crippen LogP contribution in [0.5, 0.6) is 11.5 Å². The quantitative estimate of drug-likeness (QED) is 0.593. The number of fused-ring (bicyclic) bond motifs is 1. The van der Waals surface area contributed by atoms with E-state index >= 15 is 0 Å². The number of carbonyl (C=O) groups is 1. The predicted octanol–water partition coefficient (Wildman–Crippen LogP) is 4.67. The SMILES string of the molecule is COc1cc(OC)c(NC(=O)C2CCCN(c3nc(C)nc4oc(C)c(C)c34)C2)cc1Cl. The van der Waals surface area contributed by atoms with Crippen molar-refractivity contribution < 1.29 is 18.7 Å². The zero-order valence-corrected chi connectivity index (χ0v) is 19.7. The Bertz CT molecular complexity index is 1180. The summed E-state index contributed by atoms with van der Waals surface area (Å²) in [5, 5.41) is 4.29. The Morgan fingerprint density at radius 1 is 1.19 bits per heavy atom. The fraction of sp³-hybridized carbons (Fsp3) is 0.435. The van der Waals surface area contributed by atoms with Gasteiger partial charge in [-0.25, -0.2) is 4.98 Å². The largest absolute Gasteiger partial charge is 0.495 e. The van der Waals surface area contributed by atoms with Crippen LogP contribution < -0.4 is 19.7 Å². The maximum Gasteiger partial charge on any atom is 0.231 e. The summed E-state index contributed by atoms with van der Waals surface area (Å²) in [6, 6.07) is 3.31. The van der Waals surface area contributed by atoms with Gasteiger partial charge in [-0.05, 0) is 39.7 Å². The smallest absolute Gasteiger partial charge is 0.231 e. The Kier molecular flexibility index (Phi) is 6.15. The van der Waals surface area contributed by atoms with Crippen molar-refractivity contribution in [3.8, 4) is 11.5 Å². The van der Waals surface area contributed by atoms with E-state index in [1.165, 1.54) is 7.11 Å². The molecule has 3 aromatic rings. The van der Waals surface area contributed by atoms with Crippen LogP contribution in [0.1, 0.15) is 30.0 Å². The minimum atomic E-state index is -0.215. The van der Waals surface area contributed by atoms with Crippen molar-refractivity contribution in [2.75, 3.05) is 37.5 Å². The number of rotatable bonds is 5. The van der Waals surface area contributed by atoms with Crippen LogP contribution in [0.4, 0.5) is 11.5 Å². The molecule has 2 aromatic heterocycles. The molecule has 1 N–H and O–H groups in total. The number of anilines is 2. The highest BCUT2D eigenvalue weighted by molar-refractivity contribution is 6.32. The maximum atomic E-state index is 13.2. The monoisotopic (exact) mass is 458 g/mol. The fourth-order valence-electron chi connectivity index (χ4n) is 4.14. The molecule has 32 heavy (non-hydrogen) atoms. The number of aromatic nitrogens is 2. The van der Waals surface area contributed by atoms with Gasteiger partial charge >= 0.3 is 0 Å². The van der Waals surface area contributed by atoms with Gasteiger partial charge in [-0.15, -0.1) is 0 Å². The Morgan fingerprint density at radius 3 is 2.66 bits per heavy atom. The number of methoxy groups -OCH3 is 2. The van der Waals surface area contributed by atoms with Crippen molar-refractivity contribution in [3.05, 3.63) is 34.3 Å². The Morgan fingerprint density at radius 2 is 1.94 bits per heavy atom. The first kappa shape index (κ1) is 22.2. The molecule has 0 radical (unpaired) electrons. The molecule has 0 bridgehead atoms. The van der Waals surface area contributed by atoms with E-state index in [1.807, 2.05) is 20.8 Å². The molecule has 1 saturated heterocycles. The van der Waals surface area contributed by atoms with Gasteiger partial charge in [-0.3, -0.25) is 4.79 Å². The van der Waals surface area contributed by atoms with E-state index in [1.54, 1.807) is 19.2 Å². The lowest BCUT2D eigenvalue weighted by Gasteiger charge is -2.33. The van der Waals surface area contributed by atoms with Gasteiger partial charge in [0.2, 0.25) is 11.6 Å². The highest BCUT2D eigenvalue weighted by atomic mass is 35.5. The van der Waals surface area contributed by atoms with E-state index in [-0.39, 0.29) is 11.8 Å². The van der Waals surface area contributed by atoms with Crippen molar-refractivity contribution in [2.24, 2.45) is 5.92 Å². The van der Waals surface area contributed by atoms with E-state index in [0.29, 0.717) is 40.3 Å². The van der Waals surface area contributed by atoms with Crippen molar-refractivity contribution >= 4 is 40.1 Å². The van der Waals surface area contributed by atoms with E-state index < -0.39 is 0 Å². The average molecular weight is 459 g/mol. The third kappa shape index (κ3) is 4.07. The van der Waals surface area contributed by atoms with Crippen LogP contribution in [0.25, 0.3) is 11.1 Å². The summed E-state index contributed by atoms with van der Waals surface area (Å²) in [6.45, 7) is 7.15. The highest BCUT2D eigenvalue weighted by Gasteiger charge is 2.29. The lowest BCUT2D eigenvalue weighted by molar-refractivity contribution is -0.120. The van der Waals surface area contributed by atoms with Gasteiger partial charge in [0.1, 0.15) is 28.9 Å². The summed E-state index contributed by atoms with van der Waals surface area (Å²) in [5.74, 6) is 2.97. The Labute approximate surface area is 191 Å². The fourth-order valence-corrected chi connectivity index (χ4v) is 4.38. The van der Waals surface area contributed by atoms with Crippen LogP contribution in [-0.4, -0.2) is 43.2 Å². The molecule has 0 saturated carbocycles. The van der Waals surface area contributed by atoms with Crippen LogP contribution in [0, 0.1) is 26.7 Å². The molecular formula is C23H27ClN4O4. The van der Waals surface area contributed by atoms with Gasteiger partial charge in [0.05, 0.1) is 36.2 Å². The second-order valence-electron chi connectivity index (χ2n) is 8.02. The number of nitrogens with one attached hydrogen (secondary N) is 1. The van der Waals surface area contributed by atoms with Crippen molar-refractivity contribution in [1.29, 1.82) is 0 Å². The molecule has 1 aliphatic rings. The molecule has 1 unspecified atom stereocenters. The second kappa shape index (κ2) is 8.86. The zero-order valence-electron chi connectivity index (χ0n) is 18.9. The summed E-state index contributed by atoms with van der Waals surface area (Å²) in [7, 11) is 3.07. The average Bonchev–Trinajstić information content (AvgIpc) is 3.06. The third-order valence-corrected chi connectivity index (χ3v) is 6.24. The maximum absolute atomic E-state index is 13.2. The minimum Gasteiger partial charge on any atom is -0.495 e. The van der Waals surface area contributed by atoms with Crippen LogP contribution >= 0.6 is 11.6 Å². The van der Waals surface area contributed by atoms with Gasteiger partial charge in [0, 0.05) is 24.7 Å². The summed E-state index contributed by atoms with van der Waals surface area (Å²) in [5.41, 5.74) is 2.13. The molecular weight excluding hydrogens is 432 g/mol. The number of amides is 1. The first-order valence-corrected chi connectivity index (χ1v) is 10.9. The van der Waals surface area contributed by atoms with Crippen LogP contribution in [-0.2, 0) is 4.79 Å². The molecule has 9 heteroatoms. The van der Waals surface area contributed by atoms with Crippen molar-refractivity contribution in [1.82, 2.24) is 9.97 Å². The molecule has 170 valence electrons. The van der Waals surface area contributed by atoms with E-state index in [4.69, 9.17) is 30.5 Å². The van der Waals surface area contributed by atoms with Crippen LogP contribution in [0.15, 0.2) is 16.5 Å². The number of ether oxygens (including phenoxy) is 2. The highest BCUT2D eigenvalue weighted by Crippen LogP contribution is 2.37. The number of benzene rings is 1. The standard InChI is InChI=1S/C23H27ClN4O4/c1-12-13(2)32-23-20(12)21(25-14(3)26-23)28-8-6-7-15(11-28)22(29)27-17-9-16(24)18(30-4)10-19(17)31-5/h9-10,15H,6-8,11H2,1-5H3,(H,27,29). The van der Waals surface area contributed by atoms with Crippen LogP contribution in [0.3, 0.4) is 0 Å². The van der Waals surface area contributed by atoms with E-state index in [9.17, 15) is 4.79 Å². The molecule has 3 heterocycles. The summed E-state index contributed by atoms with van der Waals surface area (Å²) < 4.78 is 16.5. The van der Waals surface area contributed by atoms with Gasteiger partial charge in [-0.2, -0.15) is 4.98 Å². The molecule has 1 fully saturated rings. The number of furan rings is 1. The van der Waals surface area contributed by atoms with Crippen LogP contribution in [0.2, 0.25) is 5.02 Å².